The normalized spacial score (nSPS) is 17.4. The summed E-state index contributed by atoms with van der Waals surface area (Å²) in [6, 6.07) is 18.8. The van der Waals surface area contributed by atoms with Crippen LogP contribution in [0.4, 0.5) is 15.8 Å². The number of carbonyl (C=O) groups is 2. The maximum absolute atomic E-state index is 13.8. The van der Waals surface area contributed by atoms with Crippen molar-refractivity contribution in [1.29, 1.82) is 0 Å². The van der Waals surface area contributed by atoms with E-state index >= 15 is 0 Å². The van der Waals surface area contributed by atoms with Crippen LogP contribution in [0.15, 0.2) is 72.8 Å². The Morgan fingerprint density at radius 1 is 1.10 bits per heavy atom. The molecule has 0 saturated carbocycles. The molecule has 1 aliphatic rings. The van der Waals surface area contributed by atoms with Gasteiger partial charge in [-0.05, 0) is 49.4 Å². The molecule has 0 aromatic heterocycles. The van der Waals surface area contributed by atoms with E-state index in [2.05, 4.69) is 5.32 Å². The number of fused-ring (bicyclic) bond motifs is 1. The molecule has 1 aliphatic heterocycles. The first-order valence-electron chi connectivity index (χ1n) is 9.86. The molecule has 0 aliphatic carbocycles. The van der Waals surface area contributed by atoms with Crippen LogP contribution in [0.3, 0.4) is 0 Å². The minimum Gasteiger partial charge on any atom is -0.494 e. The SMILES string of the molecule is CCOc1ccc(NC(=O)CN2C(=O)C(O)(c3cccc(F)c3)c3ccccc32)cc1. The van der Waals surface area contributed by atoms with Gasteiger partial charge in [0.1, 0.15) is 18.1 Å². The van der Waals surface area contributed by atoms with Crippen molar-refractivity contribution in [3.63, 3.8) is 0 Å². The average molecular weight is 420 g/mol. The summed E-state index contributed by atoms with van der Waals surface area (Å²) in [4.78, 5) is 27.1. The summed E-state index contributed by atoms with van der Waals surface area (Å²) >= 11 is 0. The second-order valence-corrected chi connectivity index (χ2v) is 7.13. The van der Waals surface area contributed by atoms with Gasteiger partial charge in [0.2, 0.25) is 5.91 Å². The largest absolute Gasteiger partial charge is 0.494 e. The molecule has 2 amide bonds. The molecule has 158 valence electrons. The number of amides is 2. The Morgan fingerprint density at radius 3 is 2.55 bits per heavy atom. The van der Waals surface area contributed by atoms with Crippen molar-refractivity contribution in [1.82, 2.24) is 0 Å². The third-order valence-electron chi connectivity index (χ3n) is 5.13. The second-order valence-electron chi connectivity index (χ2n) is 7.13. The summed E-state index contributed by atoms with van der Waals surface area (Å²) in [7, 11) is 0. The van der Waals surface area contributed by atoms with Crippen LogP contribution in [0.2, 0.25) is 0 Å². The Hall–Kier alpha value is -3.71. The van der Waals surface area contributed by atoms with Crippen molar-refractivity contribution in [2.45, 2.75) is 12.5 Å². The number of nitrogens with one attached hydrogen (secondary N) is 1. The number of carbonyl (C=O) groups excluding carboxylic acids is 2. The van der Waals surface area contributed by atoms with Crippen LogP contribution in [0.25, 0.3) is 0 Å². The minimum absolute atomic E-state index is 0.111. The van der Waals surface area contributed by atoms with Gasteiger partial charge >= 0.3 is 0 Å². The van der Waals surface area contributed by atoms with Gasteiger partial charge in [-0.15, -0.1) is 0 Å². The topological polar surface area (TPSA) is 78.9 Å². The van der Waals surface area contributed by atoms with Gasteiger partial charge in [0.05, 0.1) is 12.3 Å². The molecule has 0 fully saturated rings. The monoisotopic (exact) mass is 420 g/mol. The van der Waals surface area contributed by atoms with E-state index in [4.69, 9.17) is 4.74 Å². The standard InChI is InChI=1S/C24H21FN2O4/c1-2-31-19-12-10-18(11-13-19)26-22(28)15-27-21-9-4-3-8-20(21)24(30,23(27)29)16-6-5-7-17(25)14-16/h3-14,30H,2,15H2,1H3,(H,26,28). The lowest BCUT2D eigenvalue weighted by molar-refractivity contribution is -0.133. The Labute approximate surface area is 178 Å². The van der Waals surface area contributed by atoms with Crippen LogP contribution in [0.5, 0.6) is 5.75 Å². The number of halogens is 1. The Morgan fingerprint density at radius 2 is 1.84 bits per heavy atom. The van der Waals surface area contributed by atoms with Crippen LogP contribution < -0.4 is 15.0 Å². The second kappa shape index (κ2) is 8.20. The molecule has 1 atom stereocenters. The third-order valence-corrected chi connectivity index (χ3v) is 5.13. The number of anilines is 2. The molecule has 2 N–H and O–H groups in total. The van der Waals surface area contributed by atoms with Crippen molar-refractivity contribution in [2.75, 3.05) is 23.4 Å². The Balaban J connectivity index is 1.59. The predicted molar refractivity (Wildman–Crippen MR) is 114 cm³/mol. The van der Waals surface area contributed by atoms with Crippen molar-refractivity contribution >= 4 is 23.2 Å². The van der Waals surface area contributed by atoms with Gasteiger partial charge in [-0.2, -0.15) is 0 Å². The quantitative estimate of drug-likeness (QED) is 0.640. The zero-order chi connectivity index (χ0) is 22.0. The molecule has 4 rings (SSSR count). The number of hydrogen-bond donors (Lipinski definition) is 2. The van der Waals surface area contributed by atoms with Crippen molar-refractivity contribution < 1.29 is 23.8 Å². The van der Waals surface area contributed by atoms with Crippen LogP contribution >= 0.6 is 0 Å². The summed E-state index contributed by atoms with van der Waals surface area (Å²) in [5, 5.41) is 14.1. The first kappa shape index (κ1) is 20.6. The van der Waals surface area contributed by atoms with Crippen molar-refractivity contribution in [2.24, 2.45) is 0 Å². The van der Waals surface area contributed by atoms with Gasteiger partial charge in [0.25, 0.3) is 5.91 Å². The van der Waals surface area contributed by atoms with E-state index in [1.807, 2.05) is 6.92 Å². The summed E-state index contributed by atoms with van der Waals surface area (Å²) < 4.78 is 19.2. The summed E-state index contributed by atoms with van der Waals surface area (Å²) in [6.07, 6.45) is 0. The number of nitrogens with zero attached hydrogens (tertiary/aromatic N) is 1. The van der Waals surface area contributed by atoms with Crippen LogP contribution in [-0.2, 0) is 15.2 Å². The highest BCUT2D eigenvalue weighted by Crippen LogP contribution is 2.44. The van der Waals surface area contributed by atoms with Crippen LogP contribution in [0.1, 0.15) is 18.1 Å². The van der Waals surface area contributed by atoms with E-state index in [1.165, 1.54) is 23.1 Å². The summed E-state index contributed by atoms with van der Waals surface area (Å²) in [6.45, 7) is 2.11. The minimum atomic E-state index is -2.07. The van der Waals surface area contributed by atoms with E-state index in [9.17, 15) is 19.1 Å². The lowest BCUT2D eigenvalue weighted by Crippen LogP contribution is -2.44. The van der Waals surface area contributed by atoms with Crippen molar-refractivity contribution in [3.8, 4) is 5.75 Å². The molecular weight excluding hydrogens is 399 g/mol. The van der Waals surface area contributed by atoms with E-state index < -0.39 is 23.2 Å². The number of aliphatic hydroxyl groups is 1. The molecule has 0 radical (unpaired) electrons. The zero-order valence-electron chi connectivity index (χ0n) is 16.8. The van der Waals surface area contributed by atoms with Gasteiger partial charge in [0, 0.05) is 16.8 Å². The number of para-hydroxylation sites is 1. The highest BCUT2D eigenvalue weighted by molar-refractivity contribution is 6.12. The molecule has 31 heavy (non-hydrogen) atoms. The van der Waals surface area contributed by atoms with Crippen LogP contribution in [0, 0.1) is 5.82 Å². The predicted octanol–water partition coefficient (Wildman–Crippen LogP) is 3.45. The zero-order valence-corrected chi connectivity index (χ0v) is 16.8. The highest BCUT2D eigenvalue weighted by atomic mass is 19.1. The molecule has 0 saturated heterocycles. The fraction of sp³-hybridized carbons (Fsp3) is 0.167. The van der Waals surface area contributed by atoms with E-state index in [0.717, 1.165) is 6.07 Å². The highest BCUT2D eigenvalue weighted by Gasteiger charge is 2.51. The van der Waals surface area contributed by atoms with Gasteiger partial charge in [-0.3, -0.25) is 14.5 Å². The van der Waals surface area contributed by atoms with E-state index in [-0.39, 0.29) is 12.1 Å². The summed E-state index contributed by atoms with van der Waals surface area (Å²) in [5.41, 5.74) is -0.702. The molecule has 0 bridgehead atoms. The van der Waals surface area contributed by atoms with E-state index in [0.29, 0.717) is 29.3 Å². The first-order chi connectivity index (χ1) is 14.9. The molecular formula is C24H21FN2O4. The van der Waals surface area contributed by atoms with Crippen molar-refractivity contribution in [3.05, 3.63) is 89.7 Å². The number of hydrogen-bond acceptors (Lipinski definition) is 4. The molecule has 3 aromatic rings. The van der Waals surface area contributed by atoms with E-state index in [1.54, 1.807) is 48.5 Å². The fourth-order valence-electron chi connectivity index (χ4n) is 3.73. The average Bonchev–Trinajstić information content (AvgIpc) is 2.98. The van der Waals surface area contributed by atoms with Gasteiger partial charge in [0.15, 0.2) is 5.60 Å². The number of rotatable bonds is 6. The third kappa shape index (κ3) is 3.75. The number of ether oxygens (including phenoxy) is 1. The molecule has 1 unspecified atom stereocenters. The molecule has 3 aromatic carbocycles. The first-order valence-corrected chi connectivity index (χ1v) is 9.86. The Kier molecular flexibility index (Phi) is 5.44. The molecule has 7 heteroatoms. The fourth-order valence-corrected chi connectivity index (χ4v) is 3.73. The lowest BCUT2D eigenvalue weighted by atomic mass is 9.87. The lowest BCUT2D eigenvalue weighted by Gasteiger charge is -2.23. The smallest absolute Gasteiger partial charge is 0.268 e. The van der Waals surface area contributed by atoms with Gasteiger partial charge in [-0.1, -0.05) is 30.3 Å². The van der Waals surface area contributed by atoms with Crippen LogP contribution in [-0.4, -0.2) is 30.1 Å². The van der Waals surface area contributed by atoms with Gasteiger partial charge in [-0.25, -0.2) is 4.39 Å². The number of benzene rings is 3. The molecule has 0 spiro atoms. The molecule has 6 nitrogen and oxygen atoms in total. The Bertz CT molecular complexity index is 1130. The van der Waals surface area contributed by atoms with Gasteiger partial charge < -0.3 is 15.2 Å². The summed E-state index contributed by atoms with van der Waals surface area (Å²) in [5.74, 6) is -1.02. The maximum Gasteiger partial charge on any atom is 0.268 e. The molecule has 1 heterocycles. The maximum atomic E-state index is 13.8.